The number of benzene rings is 1. The van der Waals surface area contributed by atoms with E-state index in [1.807, 2.05) is 19.1 Å². The van der Waals surface area contributed by atoms with Crippen LogP contribution in [0.15, 0.2) is 54.9 Å². The van der Waals surface area contributed by atoms with Crippen molar-refractivity contribution < 1.29 is 4.79 Å². The molecule has 4 nitrogen and oxygen atoms in total. The van der Waals surface area contributed by atoms with Crippen molar-refractivity contribution in [3.63, 3.8) is 0 Å². The Morgan fingerprint density at radius 2 is 2.04 bits per heavy atom. The summed E-state index contributed by atoms with van der Waals surface area (Å²) in [5, 5.41) is 4.92. The largest absolute Gasteiger partial charge is 0.320 e. The van der Waals surface area contributed by atoms with Crippen molar-refractivity contribution in [1.29, 1.82) is 0 Å². The van der Waals surface area contributed by atoms with Crippen LogP contribution in [-0.4, -0.2) is 15.9 Å². The van der Waals surface area contributed by atoms with Crippen molar-refractivity contribution in [3.8, 4) is 0 Å². The van der Waals surface area contributed by atoms with Gasteiger partial charge in [0, 0.05) is 17.0 Å². The second-order valence-electron chi connectivity index (χ2n) is 5.39. The Balaban J connectivity index is 1.73. The number of amides is 1. The van der Waals surface area contributed by atoms with Gasteiger partial charge in [-0.05, 0) is 42.8 Å². The van der Waals surface area contributed by atoms with Crippen molar-refractivity contribution in [2.45, 2.75) is 6.92 Å². The van der Waals surface area contributed by atoms with E-state index in [1.54, 1.807) is 18.5 Å². The standard InChI is InChI=1S/C18H13N3OS/c1-11-4-5-12-8-13-9-16(23-18(13)21-15(12)7-11)17(22)20-14-3-2-6-19-10-14/h2-10H,1H3,(H,20,22). The molecule has 3 aromatic heterocycles. The molecule has 0 fully saturated rings. The number of aryl methyl sites for hydroxylation is 1. The molecule has 0 unspecified atom stereocenters. The third kappa shape index (κ3) is 2.66. The first-order valence-corrected chi connectivity index (χ1v) is 8.03. The lowest BCUT2D eigenvalue weighted by Crippen LogP contribution is -2.09. The molecule has 5 heteroatoms. The summed E-state index contributed by atoms with van der Waals surface area (Å²) in [7, 11) is 0. The Labute approximate surface area is 136 Å². The molecule has 1 N–H and O–H groups in total. The number of pyridine rings is 2. The van der Waals surface area contributed by atoms with Gasteiger partial charge in [0.2, 0.25) is 0 Å². The minimum Gasteiger partial charge on any atom is -0.320 e. The molecule has 0 atom stereocenters. The van der Waals surface area contributed by atoms with Gasteiger partial charge in [-0.15, -0.1) is 11.3 Å². The number of anilines is 1. The van der Waals surface area contributed by atoms with Gasteiger partial charge >= 0.3 is 0 Å². The van der Waals surface area contributed by atoms with Crippen LogP contribution in [-0.2, 0) is 0 Å². The van der Waals surface area contributed by atoms with Crippen molar-refractivity contribution in [3.05, 3.63) is 65.3 Å². The van der Waals surface area contributed by atoms with E-state index in [0.717, 1.165) is 21.1 Å². The highest BCUT2D eigenvalue weighted by molar-refractivity contribution is 7.20. The zero-order valence-electron chi connectivity index (χ0n) is 12.4. The maximum atomic E-state index is 12.4. The zero-order valence-corrected chi connectivity index (χ0v) is 13.2. The zero-order chi connectivity index (χ0) is 15.8. The maximum Gasteiger partial charge on any atom is 0.265 e. The summed E-state index contributed by atoms with van der Waals surface area (Å²) in [4.78, 5) is 22.6. The Kier molecular flexibility index (Phi) is 3.28. The van der Waals surface area contributed by atoms with Gasteiger partial charge in [0.05, 0.1) is 22.3 Å². The number of aromatic nitrogens is 2. The third-order valence-electron chi connectivity index (χ3n) is 3.60. The Morgan fingerprint density at radius 1 is 1.13 bits per heavy atom. The van der Waals surface area contributed by atoms with Crippen LogP contribution in [0, 0.1) is 6.92 Å². The molecular weight excluding hydrogens is 306 g/mol. The smallest absolute Gasteiger partial charge is 0.265 e. The van der Waals surface area contributed by atoms with Gasteiger partial charge < -0.3 is 5.32 Å². The van der Waals surface area contributed by atoms with Crippen molar-refractivity contribution in [1.82, 2.24) is 9.97 Å². The Bertz CT molecular complexity index is 1020. The highest BCUT2D eigenvalue weighted by Crippen LogP contribution is 2.28. The molecule has 0 saturated heterocycles. The number of nitrogens with one attached hydrogen (secondary N) is 1. The quantitative estimate of drug-likeness (QED) is 0.595. The third-order valence-corrected chi connectivity index (χ3v) is 4.65. The normalized spacial score (nSPS) is 11.0. The molecule has 4 rings (SSSR count). The molecule has 0 radical (unpaired) electrons. The molecule has 1 amide bonds. The number of rotatable bonds is 2. The summed E-state index contributed by atoms with van der Waals surface area (Å²) < 4.78 is 0. The Morgan fingerprint density at radius 3 is 2.87 bits per heavy atom. The van der Waals surface area contributed by atoms with Crippen molar-refractivity contribution in [2.75, 3.05) is 5.32 Å². The van der Waals surface area contributed by atoms with E-state index < -0.39 is 0 Å². The average molecular weight is 319 g/mol. The first-order valence-electron chi connectivity index (χ1n) is 7.21. The predicted octanol–water partition coefficient (Wildman–Crippen LogP) is 4.41. The van der Waals surface area contributed by atoms with E-state index in [0.29, 0.717) is 10.6 Å². The number of carbonyl (C=O) groups excluding carboxylic acids is 1. The molecule has 0 aliphatic rings. The molecule has 0 saturated carbocycles. The Hall–Kier alpha value is -2.79. The summed E-state index contributed by atoms with van der Waals surface area (Å²) >= 11 is 1.40. The van der Waals surface area contributed by atoms with E-state index in [2.05, 4.69) is 39.6 Å². The minimum absolute atomic E-state index is 0.138. The monoisotopic (exact) mass is 319 g/mol. The van der Waals surface area contributed by atoms with E-state index in [-0.39, 0.29) is 5.91 Å². The second kappa shape index (κ2) is 5.44. The van der Waals surface area contributed by atoms with Gasteiger partial charge in [0.1, 0.15) is 4.83 Å². The molecule has 0 spiro atoms. The molecule has 4 aromatic rings. The number of carbonyl (C=O) groups is 1. The van der Waals surface area contributed by atoms with Gasteiger partial charge in [0.15, 0.2) is 0 Å². The molecule has 0 aliphatic heterocycles. The lowest BCUT2D eigenvalue weighted by atomic mass is 10.1. The topological polar surface area (TPSA) is 54.9 Å². The van der Waals surface area contributed by atoms with Gasteiger partial charge in [-0.2, -0.15) is 0 Å². The van der Waals surface area contributed by atoms with Crippen LogP contribution in [0.5, 0.6) is 0 Å². The number of nitrogens with zero attached hydrogens (tertiary/aromatic N) is 2. The molecular formula is C18H13N3OS. The van der Waals surface area contributed by atoms with E-state index in [9.17, 15) is 4.79 Å². The van der Waals surface area contributed by atoms with Crippen LogP contribution in [0.3, 0.4) is 0 Å². The SMILES string of the molecule is Cc1ccc2cc3cc(C(=O)Nc4cccnc4)sc3nc2c1. The summed E-state index contributed by atoms with van der Waals surface area (Å²) in [6, 6.07) is 13.8. The molecule has 0 aliphatic carbocycles. The highest BCUT2D eigenvalue weighted by atomic mass is 32.1. The van der Waals surface area contributed by atoms with Crippen LogP contribution in [0.2, 0.25) is 0 Å². The van der Waals surface area contributed by atoms with Crippen LogP contribution < -0.4 is 5.32 Å². The summed E-state index contributed by atoms with van der Waals surface area (Å²) in [6.07, 6.45) is 3.30. The first kappa shape index (κ1) is 13.8. The van der Waals surface area contributed by atoms with Gasteiger partial charge in [0.25, 0.3) is 5.91 Å². The summed E-state index contributed by atoms with van der Waals surface area (Å²) in [6.45, 7) is 2.05. The fourth-order valence-electron chi connectivity index (χ4n) is 2.48. The molecule has 112 valence electrons. The molecule has 1 aromatic carbocycles. The van der Waals surface area contributed by atoms with Crippen molar-refractivity contribution in [2.24, 2.45) is 0 Å². The highest BCUT2D eigenvalue weighted by Gasteiger charge is 2.12. The number of thiophene rings is 1. The molecule has 0 bridgehead atoms. The van der Waals surface area contributed by atoms with Crippen LogP contribution in [0.4, 0.5) is 5.69 Å². The average Bonchev–Trinajstić information content (AvgIpc) is 2.96. The summed E-state index contributed by atoms with van der Waals surface area (Å²) in [5.74, 6) is -0.138. The lowest BCUT2D eigenvalue weighted by Gasteiger charge is -2.01. The predicted molar refractivity (Wildman–Crippen MR) is 94.1 cm³/mol. The number of fused-ring (bicyclic) bond motifs is 2. The summed E-state index contributed by atoms with van der Waals surface area (Å²) in [5.41, 5.74) is 2.82. The second-order valence-corrected chi connectivity index (χ2v) is 6.42. The number of hydrogen-bond acceptors (Lipinski definition) is 4. The molecule has 3 heterocycles. The van der Waals surface area contributed by atoms with Gasteiger partial charge in [-0.3, -0.25) is 9.78 Å². The van der Waals surface area contributed by atoms with Gasteiger partial charge in [-0.25, -0.2) is 4.98 Å². The van der Waals surface area contributed by atoms with Crippen LogP contribution in [0.25, 0.3) is 21.1 Å². The van der Waals surface area contributed by atoms with Crippen LogP contribution >= 0.6 is 11.3 Å². The van der Waals surface area contributed by atoms with Gasteiger partial charge in [-0.1, -0.05) is 12.1 Å². The van der Waals surface area contributed by atoms with Crippen molar-refractivity contribution >= 4 is 44.1 Å². The number of hydrogen-bond donors (Lipinski definition) is 1. The van der Waals surface area contributed by atoms with Crippen LogP contribution in [0.1, 0.15) is 15.2 Å². The fourth-order valence-corrected chi connectivity index (χ4v) is 3.39. The van der Waals surface area contributed by atoms with E-state index in [1.165, 1.54) is 16.9 Å². The maximum absolute atomic E-state index is 12.4. The lowest BCUT2D eigenvalue weighted by molar-refractivity contribution is 0.103. The fraction of sp³-hybridized carbons (Fsp3) is 0.0556. The van der Waals surface area contributed by atoms with E-state index in [4.69, 9.17) is 0 Å². The van der Waals surface area contributed by atoms with E-state index >= 15 is 0 Å². The minimum atomic E-state index is -0.138. The molecule has 23 heavy (non-hydrogen) atoms. The first-order chi connectivity index (χ1) is 11.2.